The summed E-state index contributed by atoms with van der Waals surface area (Å²) in [5.74, 6) is 1.82. The molecule has 2 aliphatic carbocycles. The van der Waals surface area contributed by atoms with Crippen molar-refractivity contribution in [3.63, 3.8) is 0 Å². The molecule has 3 rings (SSSR count). The zero-order chi connectivity index (χ0) is 19.1. The molecule has 1 aromatic carbocycles. The summed E-state index contributed by atoms with van der Waals surface area (Å²) >= 11 is 11.8. The number of rotatable bonds is 9. The van der Waals surface area contributed by atoms with Gasteiger partial charge in [-0.3, -0.25) is 4.79 Å². The first-order valence-electron chi connectivity index (χ1n) is 9.96. The highest BCUT2D eigenvalue weighted by molar-refractivity contribution is 6.33. The quantitative estimate of drug-likeness (QED) is 0.404. The second kappa shape index (κ2) is 11.3. The van der Waals surface area contributed by atoms with Crippen molar-refractivity contribution in [3.05, 3.63) is 28.8 Å². The topological polar surface area (TPSA) is 47.6 Å². The van der Waals surface area contributed by atoms with E-state index in [1.165, 1.54) is 44.9 Å². The summed E-state index contributed by atoms with van der Waals surface area (Å²) in [4.78, 5) is 12.7. The number of halogens is 2. The highest BCUT2D eigenvalue weighted by atomic mass is 35.5. The Morgan fingerprint density at radius 1 is 1.18 bits per heavy atom. The minimum Gasteiger partial charge on any atom is -0.491 e. The predicted octanol–water partition coefficient (Wildman–Crippen LogP) is 5.70. The Labute approximate surface area is 179 Å². The first kappa shape index (κ1) is 23.3. The van der Waals surface area contributed by atoms with Crippen LogP contribution in [-0.4, -0.2) is 38.2 Å². The molecule has 28 heavy (non-hydrogen) atoms. The summed E-state index contributed by atoms with van der Waals surface area (Å²) in [5.41, 5.74) is 0.757. The molecule has 1 aromatic rings. The molecule has 1 amide bonds. The number of hydrogen-bond donors (Lipinski definition) is 1. The molecule has 0 unspecified atom stereocenters. The Balaban J connectivity index is 0.00000280. The second-order valence-electron chi connectivity index (χ2n) is 7.83. The van der Waals surface area contributed by atoms with Crippen LogP contribution in [0.2, 0.25) is 5.02 Å². The minimum atomic E-state index is -0.120. The van der Waals surface area contributed by atoms with Crippen molar-refractivity contribution in [2.24, 2.45) is 11.3 Å². The fourth-order valence-corrected chi connectivity index (χ4v) is 4.89. The lowest BCUT2D eigenvalue weighted by atomic mass is 9.62. The molecule has 0 spiro atoms. The molecule has 6 heteroatoms. The van der Waals surface area contributed by atoms with Crippen molar-refractivity contribution in [3.8, 4) is 5.75 Å². The van der Waals surface area contributed by atoms with E-state index in [1.54, 1.807) is 18.2 Å². The molecule has 0 atom stereocenters. The Hall–Kier alpha value is -0.970. The summed E-state index contributed by atoms with van der Waals surface area (Å²) in [6, 6.07) is 5.19. The van der Waals surface area contributed by atoms with Gasteiger partial charge in [-0.1, -0.05) is 44.7 Å². The number of benzene rings is 1. The molecule has 2 aliphatic rings. The summed E-state index contributed by atoms with van der Waals surface area (Å²) in [5, 5.41) is 3.59. The molecular weight excluding hydrogens is 397 g/mol. The van der Waals surface area contributed by atoms with Crippen LogP contribution in [0.25, 0.3) is 0 Å². The van der Waals surface area contributed by atoms with Crippen LogP contribution in [0.4, 0.5) is 0 Å². The first-order chi connectivity index (χ1) is 13.1. The Morgan fingerprint density at radius 2 is 1.93 bits per heavy atom. The van der Waals surface area contributed by atoms with E-state index in [9.17, 15) is 4.79 Å². The normalized spacial score (nSPS) is 23.6. The third-order valence-electron chi connectivity index (χ3n) is 5.88. The lowest BCUT2D eigenvalue weighted by Gasteiger charge is -2.45. The maximum Gasteiger partial charge on any atom is 0.252 e. The average molecular weight is 430 g/mol. The van der Waals surface area contributed by atoms with Gasteiger partial charge in [0.1, 0.15) is 12.4 Å². The van der Waals surface area contributed by atoms with Gasteiger partial charge in [0.05, 0.1) is 23.8 Å². The maximum absolute atomic E-state index is 12.7. The van der Waals surface area contributed by atoms with Gasteiger partial charge in [0.25, 0.3) is 5.91 Å². The monoisotopic (exact) mass is 429 g/mol. The third kappa shape index (κ3) is 6.27. The van der Waals surface area contributed by atoms with Crippen molar-refractivity contribution in [2.75, 3.05) is 32.2 Å². The number of carbonyl (C=O) groups is 1. The van der Waals surface area contributed by atoms with Crippen LogP contribution in [0.5, 0.6) is 5.75 Å². The van der Waals surface area contributed by atoms with E-state index in [1.807, 2.05) is 0 Å². The average Bonchev–Trinajstić information content (AvgIpc) is 2.67. The van der Waals surface area contributed by atoms with Gasteiger partial charge in [-0.25, -0.2) is 0 Å². The summed E-state index contributed by atoms with van der Waals surface area (Å²) < 4.78 is 10.9. The van der Waals surface area contributed by atoms with Gasteiger partial charge in [0.2, 0.25) is 0 Å². The molecule has 2 saturated carbocycles. The third-order valence-corrected chi connectivity index (χ3v) is 6.37. The Kier molecular flexibility index (Phi) is 9.39. The molecule has 0 heterocycles. The van der Waals surface area contributed by atoms with Crippen LogP contribution in [0.1, 0.15) is 62.7 Å². The Morgan fingerprint density at radius 3 is 2.64 bits per heavy atom. The Bertz CT molecular complexity index is 628. The van der Waals surface area contributed by atoms with E-state index < -0.39 is 0 Å². The molecule has 158 valence electrons. The predicted molar refractivity (Wildman–Crippen MR) is 116 cm³/mol. The molecule has 0 radical (unpaired) electrons. The lowest BCUT2D eigenvalue weighted by Crippen LogP contribution is -2.43. The van der Waals surface area contributed by atoms with Crippen LogP contribution in [0, 0.1) is 11.3 Å². The molecule has 4 nitrogen and oxygen atoms in total. The first-order valence-corrected chi connectivity index (χ1v) is 10.9. The van der Waals surface area contributed by atoms with E-state index in [4.69, 9.17) is 32.7 Å². The van der Waals surface area contributed by atoms with E-state index in [0.717, 1.165) is 12.5 Å². The van der Waals surface area contributed by atoms with Crippen LogP contribution in [-0.2, 0) is 4.74 Å². The molecule has 0 aromatic heterocycles. The molecule has 2 bridgehead atoms. The minimum absolute atomic E-state index is 0. The number of alkyl halides is 1. The highest BCUT2D eigenvalue weighted by Gasteiger charge is 2.39. The van der Waals surface area contributed by atoms with Gasteiger partial charge >= 0.3 is 0 Å². The van der Waals surface area contributed by atoms with Crippen molar-refractivity contribution in [1.29, 1.82) is 0 Å². The van der Waals surface area contributed by atoms with Gasteiger partial charge in [-0.05, 0) is 48.8 Å². The maximum atomic E-state index is 12.7. The zero-order valence-corrected chi connectivity index (χ0v) is 17.3. The summed E-state index contributed by atoms with van der Waals surface area (Å²) in [6.07, 6.45) is 9.00. The second-order valence-corrected chi connectivity index (χ2v) is 8.61. The van der Waals surface area contributed by atoms with Gasteiger partial charge in [-0.15, -0.1) is 11.6 Å². The largest absolute Gasteiger partial charge is 0.491 e. The summed E-state index contributed by atoms with van der Waals surface area (Å²) in [7, 11) is 0. The number of nitrogens with one attached hydrogen (secondary N) is 1. The van der Waals surface area contributed by atoms with Gasteiger partial charge < -0.3 is 14.8 Å². The number of ether oxygens (including phenoxy) is 2. The van der Waals surface area contributed by atoms with Gasteiger partial charge in [0, 0.05) is 12.4 Å². The molecule has 0 saturated heterocycles. The van der Waals surface area contributed by atoms with E-state index >= 15 is 0 Å². The molecule has 2 fully saturated rings. The fourth-order valence-electron chi connectivity index (χ4n) is 4.58. The standard InChI is InChI=1S/C21H29Cl2NO3.CH4/c22-9-10-26-11-12-27-17-5-6-19(23)18(13-17)20(25)24-15-21-7-1-3-16(14-21)4-2-8-21;/h5-6,13,16H,1-4,7-12,14-15H2,(H,24,25);1H4. The molecule has 0 aliphatic heterocycles. The van der Waals surface area contributed by atoms with Gasteiger partial charge in [-0.2, -0.15) is 0 Å². The van der Waals surface area contributed by atoms with Crippen molar-refractivity contribution < 1.29 is 14.3 Å². The van der Waals surface area contributed by atoms with E-state index in [0.29, 0.717) is 42.0 Å². The molecular formula is C22H33Cl2NO3. The highest BCUT2D eigenvalue weighted by Crippen LogP contribution is 2.48. The lowest BCUT2D eigenvalue weighted by molar-refractivity contribution is 0.0681. The van der Waals surface area contributed by atoms with Crippen LogP contribution in [0.15, 0.2) is 18.2 Å². The number of fused-ring (bicyclic) bond motifs is 2. The summed E-state index contributed by atoms with van der Waals surface area (Å²) in [6.45, 7) is 2.11. The van der Waals surface area contributed by atoms with Gasteiger partial charge in [0.15, 0.2) is 0 Å². The van der Waals surface area contributed by atoms with Crippen LogP contribution in [0.3, 0.4) is 0 Å². The molecule has 1 N–H and O–H groups in total. The fraction of sp³-hybridized carbons (Fsp3) is 0.682. The number of carbonyl (C=O) groups excluding carboxylic acids is 1. The van der Waals surface area contributed by atoms with Crippen molar-refractivity contribution in [2.45, 2.75) is 52.4 Å². The SMILES string of the molecule is C.O=C(NCC12CCCC(CCC1)C2)c1cc(OCCOCCCl)ccc1Cl. The van der Waals surface area contributed by atoms with Crippen molar-refractivity contribution >= 4 is 29.1 Å². The number of hydrogen-bond acceptors (Lipinski definition) is 3. The number of amides is 1. The zero-order valence-electron chi connectivity index (χ0n) is 15.8. The van der Waals surface area contributed by atoms with Crippen LogP contribution >= 0.6 is 23.2 Å². The van der Waals surface area contributed by atoms with Crippen LogP contribution < -0.4 is 10.1 Å². The van der Waals surface area contributed by atoms with E-state index in [2.05, 4.69) is 5.32 Å². The smallest absolute Gasteiger partial charge is 0.252 e. The van der Waals surface area contributed by atoms with E-state index in [-0.39, 0.29) is 18.7 Å². The van der Waals surface area contributed by atoms with Crippen molar-refractivity contribution in [1.82, 2.24) is 5.32 Å².